The molecule has 12 nitrogen and oxygen atoms in total. The van der Waals surface area contributed by atoms with Crippen molar-refractivity contribution in [2.45, 2.75) is 160 Å². The molecule has 0 amide bonds. The number of quaternary nitrogens is 1. The lowest BCUT2D eigenvalue weighted by molar-refractivity contribution is -0.870. The minimum atomic E-state index is -4.70. The van der Waals surface area contributed by atoms with Crippen molar-refractivity contribution in [2.75, 3.05) is 47.5 Å². The van der Waals surface area contributed by atoms with Gasteiger partial charge in [-0.15, -0.1) is 0 Å². The lowest BCUT2D eigenvalue weighted by atomic mass is 9.88. The number of carbonyl (C=O) groups is 2. The number of allylic oxidation sites excluding steroid dienone is 10. The minimum absolute atomic E-state index is 0.0797. The van der Waals surface area contributed by atoms with Crippen molar-refractivity contribution in [3.8, 4) is 0 Å². The molecule has 0 saturated heterocycles. The van der Waals surface area contributed by atoms with Gasteiger partial charge >= 0.3 is 11.9 Å². The average Bonchev–Trinajstić information content (AvgIpc) is 3.47. The van der Waals surface area contributed by atoms with Gasteiger partial charge < -0.3 is 43.2 Å². The molecule has 3 N–H and O–H groups in total. The second-order valence-electron chi connectivity index (χ2n) is 17.0. The molecule has 0 aliphatic heterocycles. The number of aliphatic hydroxyl groups excluding tert-OH is 3. The van der Waals surface area contributed by atoms with E-state index in [4.69, 9.17) is 18.5 Å². The number of unbranched alkanes of at least 4 members (excludes halogenated alkanes) is 6. The summed E-state index contributed by atoms with van der Waals surface area (Å²) in [5.74, 6) is -1.34. The van der Waals surface area contributed by atoms with Gasteiger partial charge in [-0.3, -0.25) is 14.2 Å². The summed E-state index contributed by atoms with van der Waals surface area (Å²) in [4.78, 5) is 37.8. The Morgan fingerprint density at radius 1 is 0.754 bits per heavy atom. The number of phosphoric acid groups is 1. The molecule has 0 aromatic heterocycles. The molecule has 0 heterocycles. The number of ether oxygens (including phenoxy) is 2. The summed E-state index contributed by atoms with van der Waals surface area (Å²) in [7, 11) is 0.999. The molecule has 0 aromatic rings. The Hall–Kier alpha value is -2.67. The number of nitrogens with zero attached hydrogens (tertiary/aromatic N) is 1. The van der Waals surface area contributed by atoms with Gasteiger partial charge in [0.1, 0.15) is 19.8 Å². The second kappa shape index (κ2) is 34.8. The maximum Gasteiger partial charge on any atom is 0.306 e. The third-order valence-corrected chi connectivity index (χ3v) is 11.3. The van der Waals surface area contributed by atoms with Crippen LogP contribution in [0.25, 0.3) is 0 Å². The first kappa shape index (κ1) is 56.3. The van der Waals surface area contributed by atoms with Gasteiger partial charge in [-0.05, 0) is 70.1 Å². The van der Waals surface area contributed by atoms with E-state index in [2.05, 4.69) is 62.5 Å². The first-order chi connectivity index (χ1) is 29.2. The van der Waals surface area contributed by atoms with Crippen molar-refractivity contribution in [2.24, 2.45) is 11.8 Å². The van der Waals surface area contributed by atoms with Gasteiger partial charge in [0.15, 0.2) is 6.10 Å². The Kier molecular flexibility index (Phi) is 32.1. The largest absolute Gasteiger partial charge is 0.756 e. The van der Waals surface area contributed by atoms with Crippen molar-refractivity contribution < 1.29 is 57.4 Å². The predicted octanol–water partition coefficient (Wildman–Crippen LogP) is 8.77. The first-order valence-corrected chi connectivity index (χ1v) is 24.4. The Balaban J connectivity index is 2.51. The highest BCUT2D eigenvalue weighted by Gasteiger charge is 2.39. The van der Waals surface area contributed by atoms with E-state index in [1.54, 1.807) is 6.08 Å². The molecule has 7 atom stereocenters. The van der Waals surface area contributed by atoms with Crippen LogP contribution in [0.3, 0.4) is 0 Å². The van der Waals surface area contributed by atoms with E-state index in [1.165, 1.54) is 0 Å². The molecular weight excluding hydrogens is 797 g/mol. The quantitative estimate of drug-likeness (QED) is 0.0181. The summed E-state index contributed by atoms with van der Waals surface area (Å²) in [6, 6.07) is 0. The monoisotopic (exact) mass is 880 g/mol. The fraction of sp³-hybridized carbons (Fsp3) is 0.708. The van der Waals surface area contributed by atoms with Crippen LogP contribution in [0.4, 0.5) is 0 Å². The van der Waals surface area contributed by atoms with Crippen molar-refractivity contribution in [1.82, 2.24) is 0 Å². The van der Waals surface area contributed by atoms with Crippen LogP contribution in [0.2, 0.25) is 0 Å². The van der Waals surface area contributed by atoms with Crippen molar-refractivity contribution >= 4 is 19.8 Å². The van der Waals surface area contributed by atoms with Gasteiger partial charge in [-0.25, -0.2) is 0 Å². The van der Waals surface area contributed by atoms with Crippen LogP contribution in [0.1, 0.15) is 136 Å². The van der Waals surface area contributed by atoms with Crippen molar-refractivity contribution in [1.29, 1.82) is 0 Å². The fourth-order valence-corrected chi connectivity index (χ4v) is 7.45. The summed E-state index contributed by atoms with van der Waals surface area (Å²) in [6.07, 6.45) is 35.8. The van der Waals surface area contributed by atoms with Gasteiger partial charge in [0.25, 0.3) is 7.82 Å². The fourth-order valence-electron chi connectivity index (χ4n) is 6.73. The Morgan fingerprint density at radius 3 is 1.98 bits per heavy atom. The summed E-state index contributed by atoms with van der Waals surface area (Å²) >= 11 is 0. The molecule has 1 unspecified atom stereocenters. The molecule has 13 heteroatoms. The minimum Gasteiger partial charge on any atom is -0.756 e. The van der Waals surface area contributed by atoms with Gasteiger partial charge in [-0.1, -0.05) is 125 Å². The van der Waals surface area contributed by atoms with Crippen LogP contribution in [0, 0.1) is 11.8 Å². The molecule has 0 radical (unpaired) electrons. The predicted molar refractivity (Wildman–Crippen MR) is 242 cm³/mol. The van der Waals surface area contributed by atoms with E-state index < -0.39 is 50.8 Å². The maximum atomic E-state index is 12.7. The molecule has 1 fully saturated rings. The molecule has 350 valence electrons. The number of likely N-dealkylation sites (N-methyl/N-ethyl adjacent to an activating group) is 1. The third-order valence-electron chi connectivity index (χ3n) is 10.3. The molecule has 0 spiro atoms. The number of esters is 2. The SMILES string of the molecule is CC/C=C\C/C=C\C/C=C\C/C=C\C/C=C\CCCC(=O)O[C@H](COC(=O)CCCCCC[C@@H]1[C@@H](/C=C/[C@@H](O)CCCCC)[C@H](O)C[C@@H]1O)COP(=O)([O-])OCC[N+](C)(C)C. The van der Waals surface area contributed by atoms with E-state index in [9.17, 15) is 34.4 Å². The summed E-state index contributed by atoms with van der Waals surface area (Å²) in [5.41, 5.74) is 0. The number of rotatable bonds is 36. The highest BCUT2D eigenvalue weighted by Crippen LogP contribution is 2.39. The zero-order valence-electron chi connectivity index (χ0n) is 38.2. The Labute approximate surface area is 368 Å². The second-order valence-corrected chi connectivity index (χ2v) is 18.4. The maximum absolute atomic E-state index is 12.7. The molecule has 1 aliphatic carbocycles. The lowest BCUT2D eigenvalue weighted by Gasteiger charge is -2.28. The van der Waals surface area contributed by atoms with Gasteiger partial charge in [-0.2, -0.15) is 0 Å². The number of phosphoric ester groups is 1. The van der Waals surface area contributed by atoms with Gasteiger partial charge in [0.2, 0.25) is 0 Å². The van der Waals surface area contributed by atoms with Gasteiger partial charge in [0.05, 0.1) is 46.1 Å². The number of hydrogen-bond donors (Lipinski definition) is 3. The van der Waals surface area contributed by atoms with E-state index >= 15 is 0 Å². The number of hydrogen-bond acceptors (Lipinski definition) is 11. The number of carbonyl (C=O) groups excluding carboxylic acids is 2. The molecule has 1 rings (SSSR count). The smallest absolute Gasteiger partial charge is 0.306 e. The number of aliphatic hydroxyl groups is 3. The van der Waals surface area contributed by atoms with E-state index in [1.807, 2.05) is 39.4 Å². The summed E-state index contributed by atoms with van der Waals surface area (Å²) < 4.78 is 33.8. The van der Waals surface area contributed by atoms with Crippen LogP contribution in [-0.2, 0) is 32.7 Å². The van der Waals surface area contributed by atoms with E-state index in [-0.39, 0.29) is 37.9 Å². The zero-order chi connectivity index (χ0) is 45.2. The van der Waals surface area contributed by atoms with Crippen molar-refractivity contribution in [3.63, 3.8) is 0 Å². The van der Waals surface area contributed by atoms with E-state index in [0.717, 1.165) is 77.0 Å². The van der Waals surface area contributed by atoms with Crippen LogP contribution < -0.4 is 4.89 Å². The molecule has 0 bridgehead atoms. The standard InChI is InChI=1S/C48H82NO11P/c1-6-8-10-11-12-13-14-15-16-17-18-19-20-21-22-23-29-33-48(54)60-42(40-59-61(55,56)58-37-36-49(3,4)5)39-57-47(53)32-28-25-24-27-31-43-44(46(52)38-45(43)51)35-34-41(50)30-26-9-7-2/h8,10,12-13,15-16,18-19,21-22,34-35,41-46,50-52H,6-7,9,11,14,17,20,23-33,36-40H2,1-5H3/b10-8-,13-12-,16-15-,19-18-,22-21-,35-34+/t41-,42+,43+,44+,45-,46+/m0/s1. The Bertz CT molecular complexity index is 1390. The van der Waals surface area contributed by atoms with Crippen LogP contribution in [-0.4, -0.2) is 104 Å². The normalized spacial score (nSPS) is 20.9. The molecular formula is C48H82NO11P. The van der Waals surface area contributed by atoms with Crippen LogP contribution in [0.5, 0.6) is 0 Å². The zero-order valence-corrected chi connectivity index (χ0v) is 39.1. The topological polar surface area (TPSA) is 172 Å². The van der Waals surface area contributed by atoms with Crippen LogP contribution >= 0.6 is 7.82 Å². The molecule has 61 heavy (non-hydrogen) atoms. The third kappa shape index (κ3) is 31.8. The average molecular weight is 880 g/mol. The highest BCUT2D eigenvalue weighted by molar-refractivity contribution is 7.45. The van der Waals surface area contributed by atoms with E-state index in [0.29, 0.717) is 43.1 Å². The van der Waals surface area contributed by atoms with Crippen molar-refractivity contribution in [3.05, 3.63) is 72.9 Å². The summed E-state index contributed by atoms with van der Waals surface area (Å²) in [5, 5.41) is 31.4. The molecule has 1 aliphatic rings. The first-order valence-electron chi connectivity index (χ1n) is 22.9. The molecule has 0 aromatic carbocycles. The van der Waals surface area contributed by atoms with Crippen LogP contribution in [0.15, 0.2) is 72.9 Å². The Morgan fingerprint density at radius 2 is 1.36 bits per heavy atom. The summed E-state index contributed by atoms with van der Waals surface area (Å²) in [6.45, 7) is 3.69. The lowest BCUT2D eigenvalue weighted by Crippen LogP contribution is -2.37. The highest BCUT2D eigenvalue weighted by atomic mass is 31.2. The van der Waals surface area contributed by atoms with Gasteiger partial charge in [0, 0.05) is 25.2 Å². The molecule has 1 saturated carbocycles.